The molecule has 0 spiro atoms. The number of allylic oxidation sites excluding steroid dienone is 2. The van der Waals surface area contributed by atoms with E-state index in [1.54, 1.807) is 0 Å². The SMILES string of the molecule is CCN1C=CC=C(Cc2c[nH]c3ccc(C)cc23)C1. The Kier molecular flexibility index (Phi) is 3.16. The van der Waals surface area contributed by atoms with Gasteiger partial charge < -0.3 is 9.88 Å². The Morgan fingerprint density at radius 1 is 1.32 bits per heavy atom. The Bertz CT molecular complexity index is 646. The maximum Gasteiger partial charge on any atom is 0.0457 e. The Morgan fingerprint density at radius 2 is 2.21 bits per heavy atom. The molecule has 1 N–H and O–H groups in total. The van der Waals surface area contributed by atoms with Gasteiger partial charge >= 0.3 is 0 Å². The number of likely N-dealkylation sites (N-methyl/N-ethyl adjacent to an activating group) is 1. The van der Waals surface area contributed by atoms with E-state index in [-0.39, 0.29) is 0 Å². The fourth-order valence-corrected chi connectivity index (χ4v) is 2.68. The van der Waals surface area contributed by atoms with Crippen LogP contribution in [0.4, 0.5) is 0 Å². The van der Waals surface area contributed by atoms with E-state index in [2.05, 4.69) is 66.5 Å². The van der Waals surface area contributed by atoms with Gasteiger partial charge in [0.15, 0.2) is 0 Å². The third-order valence-corrected chi connectivity index (χ3v) is 3.78. The Balaban J connectivity index is 1.88. The molecule has 0 bridgehead atoms. The van der Waals surface area contributed by atoms with E-state index < -0.39 is 0 Å². The Morgan fingerprint density at radius 3 is 3.05 bits per heavy atom. The number of nitrogens with zero attached hydrogens (tertiary/aromatic N) is 1. The van der Waals surface area contributed by atoms with Crippen LogP contribution in [0.1, 0.15) is 18.1 Å². The fraction of sp³-hybridized carbons (Fsp3) is 0.294. The van der Waals surface area contributed by atoms with Gasteiger partial charge in [-0.15, -0.1) is 0 Å². The molecule has 2 heteroatoms. The van der Waals surface area contributed by atoms with Gasteiger partial charge in [-0.1, -0.05) is 17.7 Å². The van der Waals surface area contributed by atoms with Crippen LogP contribution in [0.5, 0.6) is 0 Å². The number of rotatable bonds is 3. The molecule has 0 aliphatic carbocycles. The average molecular weight is 252 g/mol. The van der Waals surface area contributed by atoms with E-state index in [1.807, 2.05) is 0 Å². The standard InChI is InChI=1S/C17H20N2/c1-3-19-8-4-5-14(12-19)10-15-11-18-17-7-6-13(2)9-16(15)17/h4-9,11,18H,3,10,12H2,1-2H3. The Hall–Kier alpha value is -1.96. The summed E-state index contributed by atoms with van der Waals surface area (Å²) in [5.41, 5.74) is 5.43. The monoisotopic (exact) mass is 252 g/mol. The third-order valence-electron chi connectivity index (χ3n) is 3.78. The molecule has 0 fully saturated rings. The highest BCUT2D eigenvalue weighted by Gasteiger charge is 2.10. The number of benzene rings is 1. The molecule has 2 heterocycles. The molecule has 98 valence electrons. The van der Waals surface area contributed by atoms with Crippen molar-refractivity contribution in [3.8, 4) is 0 Å². The summed E-state index contributed by atoms with van der Waals surface area (Å²) in [6.07, 6.45) is 9.76. The van der Waals surface area contributed by atoms with Gasteiger partial charge in [0.05, 0.1) is 0 Å². The fourth-order valence-electron chi connectivity index (χ4n) is 2.68. The minimum atomic E-state index is 1.03. The first-order valence-electron chi connectivity index (χ1n) is 6.93. The molecule has 3 rings (SSSR count). The summed E-state index contributed by atoms with van der Waals surface area (Å²) in [5, 5.41) is 1.36. The highest BCUT2D eigenvalue weighted by molar-refractivity contribution is 5.84. The van der Waals surface area contributed by atoms with Crippen molar-refractivity contribution < 1.29 is 0 Å². The first-order valence-corrected chi connectivity index (χ1v) is 6.93. The van der Waals surface area contributed by atoms with Crippen LogP contribution < -0.4 is 0 Å². The molecule has 1 aromatic carbocycles. The number of nitrogens with one attached hydrogen (secondary N) is 1. The molecule has 0 saturated carbocycles. The van der Waals surface area contributed by atoms with E-state index in [0.29, 0.717) is 0 Å². The number of aromatic nitrogens is 1. The zero-order valence-electron chi connectivity index (χ0n) is 11.6. The van der Waals surface area contributed by atoms with Crippen LogP contribution in [0.15, 0.2) is 48.3 Å². The minimum Gasteiger partial charge on any atom is -0.374 e. The van der Waals surface area contributed by atoms with E-state index in [0.717, 1.165) is 19.5 Å². The predicted molar refractivity (Wildman–Crippen MR) is 81.2 cm³/mol. The van der Waals surface area contributed by atoms with Gasteiger partial charge in [-0.25, -0.2) is 0 Å². The molecule has 0 saturated heterocycles. The van der Waals surface area contributed by atoms with Crippen molar-refractivity contribution in [2.75, 3.05) is 13.1 Å². The second-order valence-electron chi connectivity index (χ2n) is 5.27. The number of aryl methyl sites for hydroxylation is 1. The Labute approximate surface area is 114 Å². The number of aromatic amines is 1. The molecule has 19 heavy (non-hydrogen) atoms. The lowest BCUT2D eigenvalue weighted by Gasteiger charge is -2.23. The van der Waals surface area contributed by atoms with Crippen molar-refractivity contribution in [1.29, 1.82) is 0 Å². The topological polar surface area (TPSA) is 19.0 Å². The molecule has 2 nitrogen and oxygen atoms in total. The summed E-state index contributed by atoms with van der Waals surface area (Å²) < 4.78 is 0. The van der Waals surface area contributed by atoms with Gasteiger partial charge in [0.2, 0.25) is 0 Å². The molecule has 1 aliphatic heterocycles. The number of fused-ring (bicyclic) bond motifs is 1. The van der Waals surface area contributed by atoms with Crippen LogP contribution in [0.25, 0.3) is 10.9 Å². The summed E-state index contributed by atoms with van der Waals surface area (Å²) in [7, 11) is 0. The van der Waals surface area contributed by atoms with Crippen molar-refractivity contribution in [1.82, 2.24) is 9.88 Å². The zero-order chi connectivity index (χ0) is 13.2. The predicted octanol–water partition coefficient (Wildman–Crippen LogP) is 3.79. The second kappa shape index (κ2) is 4.96. The van der Waals surface area contributed by atoms with Crippen molar-refractivity contribution in [3.63, 3.8) is 0 Å². The van der Waals surface area contributed by atoms with Gasteiger partial charge in [-0.3, -0.25) is 0 Å². The van der Waals surface area contributed by atoms with E-state index >= 15 is 0 Å². The lowest BCUT2D eigenvalue weighted by molar-refractivity contribution is 0.421. The lowest BCUT2D eigenvalue weighted by Crippen LogP contribution is -2.22. The van der Waals surface area contributed by atoms with E-state index in [9.17, 15) is 0 Å². The lowest BCUT2D eigenvalue weighted by atomic mass is 10.0. The van der Waals surface area contributed by atoms with Gasteiger partial charge in [-0.05, 0) is 55.8 Å². The first kappa shape index (κ1) is 12.1. The minimum absolute atomic E-state index is 1.03. The van der Waals surface area contributed by atoms with Crippen LogP contribution in [0.3, 0.4) is 0 Å². The normalized spacial score (nSPS) is 15.1. The van der Waals surface area contributed by atoms with Crippen LogP contribution >= 0.6 is 0 Å². The largest absolute Gasteiger partial charge is 0.374 e. The van der Waals surface area contributed by atoms with Crippen LogP contribution in [0, 0.1) is 6.92 Å². The van der Waals surface area contributed by atoms with Crippen molar-refractivity contribution in [3.05, 3.63) is 59.4 Å². The van der Waals surface area contributed by atoms with Crippen LogP contribution in [-0.4, -0.2) is 23.0 Å². The summed E-state index contributed by atoms with van der Waals surface area (Å²) >= 11 is 0. The highest BCUT2D eigenvalue weighted by atomic mass is 15.1. The summed E-state index contributed by atoms with van der Waals surface area (Å²) in [4.78, 5) is 5.71. The number of hydrogen-bond donors (Lipinski definition) is 1. The summed E-state index contributed by atoms with van der Waals surface area (Å²) in [6.45, 7) is 6.46. The average Bonchev–Trinajstić information content (AvgIpc) is 2.81. The molecule has 0 amide bonds. The van der Waals surface area contributed by atoms with Crippen molar-refractivity contribution in [2.24, 2.45) is 0 Å². The van der Waals surface area contributed by atoms with Crippen LogP contribution in [-0.2, 0) is 6.42 Å². The van der Waals surface area contributed by atoms with Gasteiger partial charge in [0.25, 0.3) is 0 Å². The molecule has 1 aromatic heterocycles. The molecule has 0 radical (unpaired) electrons. The van der Waals surface area contributed by atoms with E-state index in [4.69, 9.17) is 0 Å². The quantitative estimate of drug-likeness (QED) is 0.880. The van der Waals surface area contributed by atoms with Gasteiger partial charge in [-0.2, -0.15) is 0 Å². The second-order valence-corrected chi connectivity index (χ2v) is 5.27. The smallest absolute Gasteiger partial charge is 0.0457 e. The third kappa shape index (κ3) is 2.43. The van der Waals surface area contributed by atoms with Crippen molar-refractivity contribution >= 4 is 10.9 Å². The molecule has 0 unspecified atom stereocenters. The number of hydrogen-bond acceptors (Lipinski definition) is 1. The maximum atomic E-state index is 3.37. The molecular formula is C17H20N2. The van der Waals surface area contributed by atoms with Crippen molar-refractivity contribution in [2.45, 2.75) is 20.3 Å². The highest BCUT2D eigenvalue weighted by Crippen LogP contribution is 2.23. The number of H-pyrrole nitrogens is 1. The summed E-state index contributed by atoms with van der Waals surface area (Å²) in [5.74, 6) is 0. The zero-order valence-corrected chi connectivity index (χ0v) is 11.6. The van der Waals surface area contributed by atoms with Crippen LogP contribution in [0.2, 0.25) is 0 Å². The van der Waals surface area contributed by atoms with Gasteiger partial charge in [0, 0.05) is 30.2 Å². The molecule has 0 atom stereocenters. The molecule has 1 aliphatic rings. The first-order chi connectivity index (χ1) is 9.26. The summed E-state index contributed by atoms with van der Waals surface area (Å²) in [6, 6.07) is 6.60. The maximum absolute atomic E-state index is 3.37. The van der Waals surface area contributed by atoms with E-state index in [1.165, 1.54) is 27.6 Å². The molecule has 2 aromatic rings. The molecular weight excluding hydrogens is 232 g/mol. The van der Waals surface area contributed by atoms with Gasteiger partial charge in [0.1, 0.15) is 0 Å².